The van der Waals surface area contributed by atoms with E-state index in [-0.39, 0.29) is 12.3 Å². The van der Waals surface area contributed by atoms with Crippen LogP contribution in [0.3, 0.4) is 0 Å². The van der Waals surface area contributed by atoms with Gasteiger partial charge in [0.25, 0.3) is 0 Å². The van der Waals surface area contributed by atoms with E-state index in [1.54, 1.807) is 36.4 Å². The maximum atomic E-state index is 12.0. The number of benzene rings is 2. The van der Waals surface area contributed by atoms with Crippen LogP contribution in [0.4, 0.5) is 5.69 Å². The van der Waals surface area contributed by atoms with Crippen LogP contribution in [0.2, 0.25) is 10.0 Å². The fourth-order valence-electron chi connectivity index (χ4n) is 1.79. The number of carbonyl (C=O) groups excluding carboxylic acids is 2. The molecule has 21 heavy (non-hydrogen) atoms. The van der Waals surface area contributed by atoms with Gasteiger partial charge in [-0.15, -0.1) is 0 Å². The summed E-state index contributed by atoms with van der Waals surface area (Å²) in [7, 11) is 0. The molecule has 2 aromatic carbocycles. The van der Waals surface area contributed by atoms with Gasteiger partial charge in [-0.25, -0.2) is 0 Å². The SMILES string of the molecule is NC(=O)c1cccc(NC(=O)Cc2ccc(Cl)cc2Cl)c1. The Kier molecular flexibility index (Phi) is 4.83. The highest BCUT2D eigenvalue weighted by atomic mass is 35.5. The zero-order valence-corrected chi connectivity index (χ0v) is 12.4. The van der Waals surface area contributed by atoms with E-state index in [1.165, 1.54) is 6.07 Å². The van der Waals surface area contributed by atoms with Gasteiger partial charge in [-0.2, -0.15) is 0 Å². The molecule has 4 nitrogen and oxygen atoms in total. The topological polar surface area (TPSA) is 72.2 Å². The molecule has 0 saturated carbocycles. The van der Waals surface area contributed by atoms with Crippen molar-refractivity contribution >= 4 is 40.7 Å². The van der Waals surface area contributed by atoms with Gasteiger partial charge in [0.05, 0.1) is 6.42 Å². The number of anilines is 1. The van der Waals surface area contributed by atoms with Crippen molar-refractivity contribution in [2.24, 2.45) is 5.73 Å². The number of hydrogen-bond acceptors (Lipinski definition) is 2. The minimum absolute atomic E-state index is 0.108. The summed E-state index contributed by atoms with van der Waals surface area (Å²) in [4.78, 5) is 23.1. The second kappa shape index (κ2) is 6.61. The molecule has 108 valence electrons. The molecule has 0 unspecified atom stereocenters. The Morgan fingerprint density at radius 1 is 1.10 bits per heavy atom. The van der Waals surface area contributed by atoms with E-state index in [2.05, 4.69) is 5.32 Å². The van der Waals surface area contributed by atoms with Crippen molar-refractivity contribution in [1.29, 1.82) is 0 Å². The molecule has 0 aromatic heterocycles. The summed E-state index contributed by atoms with van der Waals surface area (Å²) >= 11 is 11.8. The van der Waals surface area contributed by atoms with Crippen molar-refractivity contribution < 1.29 is 9.59 Å². The van der Waals surface area contributed by atoms with Crippen LogP contribution in [0, 0.1) is 0 Å². The molecule has 0 atom stereocenters. The molecular weight excluding hydrogens is 311 g/mol. The highest BCUT2D eigenvalue weighted by Gasteiger charge is 2.09. The lowest BCUT2D eigenvalue weighted by molar-refractivity contribution is -0.115. The van der Waals surface area contributed by atoms with Gasteiger partial charge in [-0.1, -0.05) is 35.3 Å². The predicted molar refractivity (Wildman–Crippen MR) is 83.8 cm³/mol. The minimum Gasteiger partial charge on any atom is -0.366 e. The van der Waals surface area contributed by atoms with Crippen LogP contribution in [-0.4, -0.2) is 11.8 Å². The van der Waals surface area contributed by atoms with Crippen molar-refractivity contribution in [3.63, 3.8) is 0 Å². The van der Waals surface area contributed by atoms with E-state index < -0.39 is 5.91 Å². The number of carbonyl (C=O) groups is 2. The van der Waals surface area contributed by atoms with Crippen LogP contribution in [0.1, 0.15) is 15.9 Å². The van der Waals surface area contributed by atoms with Gasteiger partial charge in [-0.3, -0.25) is 9.59 Å². The molecule has 0 aliphatic heterocycles. The molecule has 0 fully saturated rings. The molecule has 0 spiro atoms. The van der Waals surface area contributed by atoms with Crippen LogP contribution in [-0.2, 0) is 11.2 Å². The third kappa shape index (κ3) is 4.21. The quantitative estimate of drug-likeness (QED) is 0.906. The predicted octanol–water partition coefficient (Wildman–Crippen LogP) is 3.27. The molecular formula is C15H12Cl2N2O2. The molecule has 0 aliphatic rings. The standard InChI is InChI=1S/C15H12Cl2N2O2/c16-11-5-4-9(13(17)8-11)7-14(20)19-12-3-1-2-10(6-12)15(18)21/h1-6,8H,7H2,(H2,18,21)(H,19,20). The third-order valence-electron chi connectivity index (χ3n) is 2.80. The van der Waals surface area contributed by atoms with Gasteiger partial charge in [0, 0.05) is 21.3 Å². The lowest BCUT2D eigenvalue weighted by Crippen LogP contribution is -2.16. The normalized spacial score (nSPS) is 10.2. The van der Waals surface area contributed by atoms with Gasteiger partial charge in [0.2, 0.25) is 11.8 Å². The average Bonchev–Trinajstić information content (AvgIpc) is 2.42. The Morgan fingerprint density at radius 3 is 2.52 bits per heavy atom. The summed E-state index contributed by atoms with van der Waals surface area (Å²) < 4.78 is 0. The van der Waals surface area contributed by atoms with Gasteiger partial charge in [0.15, 0.2) is 0 Å². The van der Waals surface area contributed by atoms with Crippen molar-refractivity contribution in [2.45, 2.75) is 6.42 Å². The Morgan fingerprint density at radius 2 is 1.86 bits per heavy atom. The van der Waals surface area contributed by atoms with Crippen LogP contribution >= 0.6 is 23.2 Å². The number of hydrogen-bond donors (Lipinski definition) is 2. The minimum atomic E-state index is -0.549. The summed E-state index contributed by atoms with van der Waals surface area (Å²) in [6, 6.07) is 11.4. The first kappa shape index (κ1) is 15.4. The first-order chi connectivity index (χ1) is 9.95. The van der Waals surface area contributed by atoms with Gasteiger partial charge in [-0.05, 0) is 35.9 Å². The Labute approximate surface area is 131 Å². The van der Waals surface area contributed by atoms with E-state index in [1.807, 2.05) is 0 Å². The molecule has 0 aliphatic carbocycles. The van der Waals surface area contributed by atoms with Crippen LogP contribution in [0.25, 0.3) is 0 Å². The largest absolute Gasteiger partial charge is 0.366 e. The van der Waals surface area contributed by atoms with E-state index in [4.69, 9.17) is 28.9 Å². The lowest BCUT2D eigenvalue weighted by Gasteiger charge is -2.08. The highest BCUT2D eigenvalue weighted by Crippen LogP contribution is 2.21. The number of halogens is 2. The molecule has 3 N–H and O–H groups in total. The smallest absolute Gasteiger partial charge is 0.248 e. The highest BCUT2D eigenvalue weighted by molar-refractivity contribution is 6.35. The number of nitrogens with one attached hydrogen (secondary N) is 1. The maximum Gasteiger partial charge on any atom is 0.248 e. The lowest BCUT2D eigenvalue weighted by atomic mass is 10.1. The molecule has 2 rings (SSSR count). The van der Waals surface area contributed by atoms with Crippen molar-refractivity contribution in [3.05, 3.63) is 63.6 Å². The summed E-state index contributed by atoms with van der Waals surface area (Å²) in [5, 5.41) is 3.64. The average molecular weight is 323 g/mol. The summed E-state index contributed by atoms with van der Waals surface area (Å²) in [6.45, 7) is 0. The summed E-state index contributed by atoms with van der Waals surface area (Å²) in [5.74, 6) is -0.798. The van der Waals surface area contributed by atoms with E-state index in [9.17, 15) is 9.59 Å². The first-order valence-electron chi connectivity index (χ1n) is 6.09. The molecule has 0 saturated heterocycles. The van der Waals surface area contributed by atoms with E-state index in [0.717, 1.165) is 0 Å². The van der Waals surface area contributed by atoms with Gasteiger partial charge >= 0.3 is 0 Å². The van der Waals surface area contributed by atoms with E-state index >= 15 is 0 Å². The number of rotatable bonds is 4. The zero-order valence-electron chi connectivity index (χ0n) is 10.9. The van der Waals surface area contributed by atoms with Crippen LogP contribution < -0.4 is 11.1 Å². The van der Waals surface area contributed by atoms with Crippen LogP contribution in [0.5, 0.6) is 0 Å². The van der Waals surface area contributed by atoms with Gasteiger partial charge < -0.3 is 11.1 Å². The third-order valence-corrected chi connectivity index (χ3v) is 3.38. The fourth-order valence-corrected chi connectivity index (χ4v) is 2.27. The fraction of sp³-hybridized carbons (Fsp3) is 0.0667. The molecule has 2 amide bonds. The maximum absolute atomic E-state index is 12.0. The molecule has 6 heteroatoms. The molecule has 2 aromatic rings. The zero-order chi connectivity index (χ0) is 15.4. The summed E-state index contributed by atoms with van der Waals surface area (Å²) in [6.07, 6.45) is 0.108. The number of primary amides is 1. The van der Waals surface area contributed by atoms with E-state index in [0.29, 0.717) is 26.9 Å². The van der Waals surface area contributed by atoms with Gasteiger partial charge in [0.1, 0.15) is 0 Å². The molecule has 0 radical (unpaired) electrons. The van der Waals surface area contributed by atoms with Crippen molar-refractivity contribution in [2.75, 3.05) is 5.32 Å². The second-order valence-electron chi connectivity index (χ2n) is 4.41. The van der Waals surface area contributed by atoms with Crippen molar-refractivity contribution in [1.82, 2.24) is 0 Å². The number of nitrogens with two attached hydrogens (primary N) is 1. The monoisotopic (exact) mass is 322 g/mol. The Hall–Kier alpha value is -2.04. The number of amides is 2. The van der Waals surface area contributed by atoms with Crippen molar-refractivity contribution in [3.8, 4) is 0 Å². The molecule has 0 bridgehead atoms. The summed E-state index contributed by atoms with van der Waals surface area (Å²) in [5.41, 5.74) is 6.69. The Balaban J connectivity index is 2.08. The first-order valence-corrected chi connectivity index (χ1v) is 6.85. The van der Waals surface area contributed by atoms with Crippen LogP contribution in [0.15, 0.2) is 42.5 Å². The Bertz CT molecular complexity index is 702. The second-order valence-corrected chi connectivity index (χ2v) is 5.25. The molecule has 0 heterocycles.